The Morgan fingerprint density at radius 1 is 1.24 bits per heavy atom. The molecule has 0 aromatic heterocycles. The number of nitro groups is 1. The van der Waals surface area contributed by atoms with Crippen LogP contribution in [0.5, 0.6) is 0 Å². The SMILES string of the molecule is CC(=O)OC[C@H](OC(C)=O)[C@@H](F)c1ccc([N+](=O)[O-])cc1. The summed E-state index contributed by atoms with van der Waals surface area (Å²) in [5.74, 6) is -1.36. The van der Waals surface area contributed by atoms with Crippen LogP contribution < -0.4 is 0 Å². The fourth-order valence-corrected chi connectivity index (χ4v) is 1.59. The molecule has 0 unspecified atom stereocenters. The van der Waals surface area contributed by atoms with Gasteiger partial charge < -0.3 is 9.47 Å². The van der Waals surface area contributed by atoms with Crippen LogP contribution in [0.4, 0.5) is 10.1 Å². The van der Waals surface area contributed by atoms with Crippen LogP contribution in [0.1, 0.15) is 25.6 Å². The molecule has 0 bridgehead atoms. The lowest BCUT2D eigenvalue weighted by atomic mass is 10.1. The molecule has 0 aliphatic rings. The fraction of sp³-hybridized carbons (Fsp3) is 0.385. The standard InChI is InChI=1S/C13H14FNO6/c1-8(16)20-7-12(21-9(2)17)13(14)10-3-5-11(6-4-10)15(18)19/h3-6,12-13H,7H2,1-2H3/t12-,13-/m0/s1. The molecule has 0 spiro atoms. The highest BCUT2D eigenvalue weighted by Gasteiger charge is 2.27. The summed E-state index contributed by atoms with van der Waals surface area (Å²) in [6, 6.07) is 4.71. The maximum absolute atomic E-state index is 14.3. The third-order valence-electron chi connectivity index (χ3n) is 2.52. The number of non-ortho nitro benzene ring substituents is 1. The van der Waals surface area contributed by atoms with Crippen molar-refractivity contribution in [2.24, 2.45) is 0 Å². The van der Waals surface area contributed by atoms with E-state index in [1.54, 1.807) is 0 Å². The first-order chi connectivity index (χ1) is 9.81. The number of esters is 2. The predicted molar refractivity (Wildman–Crippen MR) is 69.1 cm³/mol. The highest BCUT2D eigenvalue weighted by atomic mass is 19.1. The van der Waals surface area contributed by atoms with Gasteiger partial charge >= 0.3 is 11.9 Å². The second-order valence-corrected chi connectivity index (χ2v) is 4.20. The van der Waals surface area contributed by atoms with Crippen molar-refractivity contribution < 1.29 is 28.4 Å². The van der Waals surface area contributed by atoms with Crippen molar-refractivity contribution in [2.75, 3.05) is 6.61 Å². The van der Waals surface area contributed by atoms with Crippen LogP contribution in [0, 0.1) is 10.1 Å². The first kappa shape index (κ1) is 16.5. The van der Waals surface area contributed by atoms with Crippen LogP contribution in [0.3, 0.4) is 0 Å². The molecule has 0 fully saturated rings. The number of hydrogen-bond donors (Lipinski definition) is 0. The highest BCUT2D eigenvalue weighted by Crippen LogP contribution is 2.26. The molecule has 0 saturated carbocycles. The molecule has 0 radical (unpaired) electrons. The molecule has 21 heavy (non-hydrogen) atoms. The van der Waals surface area contributed by atoms with Crippen LogP contribution >= 0.6 is 0 Å². The second kappa shape index (κ2) is 7.32. The van der Waals surface area contributed by atoms with Crippen molar-refractivity contribution in [3.63, 3.8) is 0 Å². The Morgan fingerprint density at radius 3 is 2.24 bits per heavy atom. The Morgan fingerprint density at radius 2 is 1.81 bits per heavy atom. The molecule has 0 aliphatic carbocycles. The number of nitro benzene ring substituents is 1. The zero-order valence-corrected chi connectivity index (χ0v) is 11.4. The zero-order chi connectivity index (χ0) is 16.0. The van der Waals surface area contributed by atoms with Crippen LogP contribution in [-0.2, 0) is 19.1 Å². The minimum Gasteiger partial charge on any atom is -0.462 e. The molecule has 0 N–H and O–H groups in total. The maximum atomic E-state index is 14.3. The van der Waals surface area contributed by atoms with E-state index >= 15 is 0 Å². The monoisotopic (exact) mass is 299 g/mol. The number of alkyl halides is 1. The summed E-state index contributed by atoms with van der Waals surface area (Å²) in [5, 5.41) is 10.5. The van der Waals surface area contributed by atoms with Crippen LogP contribution in [0.2, 0.25) is 0 Å². The fourth-order valence-electron chi connectivity index (χ4n) is 1.59. The number of carbonyl (C=O) groups excluding carboxylic acids is 2. The van der Waals surface area contributed by atoms with Gasteiger partial charge in [-0.2, -0.15) is 0 Å². The number of hydrogen-bond acceptors (Lipinski definition) is 6. The lowest BCUT2D eigenvalue weighted by Gasteiger charge is -2.20. The quantitative estimate of drug-likeness (QED) is 0.453. The Labute approximate surface area is 119 Å². The first-order valence-corrected chi connectivity index (χ1v) is 6.00. The van der Waals surface area contributed by atoms with Gasteiger partial charge in [0.05, 0.1) is 4.92 Å². The number of benzene rings is 1. The van der Waals surface area contributed by atoms with E-state index in [4.69, 9.17) is 4.74 Å². The summed E-state index contributed by atoms with van der Waals surface area (Å²) >= 11 is 0. The molecular formula is C13H14FNO6. The third-order valence-corrected chi connectivity index (χ3v) is 2.52. The van der Waals surface area contributed by atoms with E-state index < -0.39 is 35.7 Å². The summed E-state index contributed by atoms with van der Waals surface area (Å²) in [6.45, 7) is 1.81. The average molecular weight is 299 g/mol. The van der Waals surface area contributed by atoms with Crippen molar-refractivity contribution in [1.82, 2.24) is 0 Å². The van der Waals surface area contributed by atoms with Crippen molar-refractivity contribution in [2.45, 2.75) is 26.1 Å². The molecule has 1 aromatic carbocycles. The number of ether oxygens (including phenoxy) is 2. The largest absolute Gasteiger partial charge is 0.462 e. The molecule has 7 nitrogen and oxygen atoms in total. The van der Waals surface area contributed by atoms with Gasteiger partial charge in [0, 0.05) is 26.0 Å². The smallest absolute Gasteiger partial charge is 0.303 e. The van der Waals surface area contributed by atoms with Gasteiger partial charge in [-0.05, 0) is 17.7 Å². The number of nitrogens with zero attached hydrogens (tertiary/aromatic N) is 1. The van der Waals surface area contributed by atoms with E-state index in [1.807, 2.05) is 0 Å². The van der Waals surface area contributed by atoms with Gasteiger partial charge in [-0.3, -0.25) is 19.7 Å². The molecule has 1 rings (SSSR count). The molecule has 0 amide bonds. The Balaban J connectivity index is 2.86. The second-order valence-electron chi connectivity index (χ2n) is 4.20. The molecular weight excluding hydrogens is 285 g/mol. The molecule has 8 heteroatoms. The number of rotatable bonds is 6. The summed E-state index contributed by atoms with van der Waals surface area (Å²) in [4.78, 5) is 31.6. The Kier molecular flexibility index (Phi) is 5.77. The summed E-state index contributed by atoms with van der Waals surface area (Å²) in [7, 11) is 0. The predicted octanol–water partition coefficient (Wildman–Crippen LogP) is 2.10. The van der Waals surface area contributed by atoms with Crippen LogP contribution in [-0.4, -0.2) is 29.6 Å². The van der Waals surface area contributed by atoms with E-state index in [0.29, 0.717) is 0 Å². The zero-order valence-electron chi connectivity index (χ0n) is 11.4. The Hall–Kier alpha value is -2.51. The topological polar surface area (TPSA) is 95.7 Å². The van der Waals surface area contributed by atoms with Gasteiger partial charge in [-0.1, -0.05) is 0 Å². The average Bonchev–Trinajstić information content (AvgIpc) is 2.42. The van der Waals surface area contributed by atoms with Crippen LogP contribution in [0.25, 0.3) is 0 Å². The van der Waals surface area contributed by atoms with Crippen LogP contribution in [0.15, 0.2) is 24.3 Å². The lowest BCUT2D eigenvalue weighted by Crippen LogP contribution is -2.28. The van der Waals surface area contributed by atoms with Crippen molar-refractivity contribution in [1.29, 1.82) is 0 Å². The minimum atomic E-state index is -1.77. The van der Waals surface area contributed by atoms with Crippen molar-refractivity contribution in [3.05, 3.63) is 39.9 Å². The molecule has 114 valence electrons. The van der Waals surface area contributed by atoms with Gasteiger partial charge in [0.1, 0.15) is 6.61 Å². The van der Waals surface area contributed by atoms with Gasteiger partial charge in [-0.25, -0.2) is 4.39 Å². The minimum absolute atomic E-state index is 0.0824. The van der Waals surface area contributed by atoms with E-state index in [1.165, 1.54) is 12.1 Å². The molecule has 1 aromatic rings. The van der Waals surface area contributed by atoms with Crippen molar-refractivity contribution in [3.8, 4) is 0 Å². The summed E-state index contributed by atoms with van der Waals surface area (Å²) in [6.07, 6.45) is -3.08. The summed E-state index contributed by atoms with van der Waals surface area (Å²) < 4.78 is 23.7. The maximum Gasteiger partial charge on any atom is 0.303 e. The Bertz CT molecular complexity index is 530. The summed E-state index contributed by atoms with van der Waals surface area (Å²) in [5.41, 5.74) is -0.103. The molecule has 0 saturated heterocycles. The molecule has 0 aliphatic heterocycles. The van der Waals surface area contributed by atoms with E-state index in [2.05, 4.69) is 4.74 Å². The van der Waals surface area contributed by atoms with Gasteiger partial charge in [0.2, 0.25) is 0 Å². The number of carbonyl (C=O) groups is 2. The lowest BCUT2D eigenvalue weighted by molar-refractivity contribution is -0.384. The highest BCUT2D eigenvalue weighted by molar-refractivity contribution is 5.67. The van der Waals surface area contributed by atoms with E-state index in [9.17, 15) is 24.1 Å². The van der Waals surface area contributed by atoms with Crippen molar-refractivity contribution >= 4 is 17.6 Å². The van der Waals surface area contributed by atoms with Gasteiger partial charge in [0.25, 0.3) is 5.69 Å². The van der Waals surface area contributed by atoms with Gasteiger partial charge in [0.15, 0.2) is 12.3 Å². The van der Waals surface area contributed by atoms with E-state index in [-0.39, 0.29) is 11.3 Å². The van der Waals surface area contributed by atoms with E-state index in [0.717, 1.165) is 26.0 Å². The first-order valence-electron chi connectivity index (χ1n) is 6.00. The third kappa shape index (κ3) is 5.17. The number of halogens is 1. The molecule has 0 heterocycles. The van der Waals surface area contributed by atoms with Gasteiger partial charge in [-0.15, -0.1) is 0 Å². The molecule has 2 atom stereocenters. The normalized spacial score (nSPS) is 13.1.